The van der Waals surface area contributed by atoms with Crippen molar-refractivity contribution in [3.63, 3.8) is 0 Å². The Labute approximate surface area is 134 Å². The summed E-state index contributed by atoms with van der Waals surface area (Å²) in [5.74, 6) is -1.63. The predicted octanol–water partition coefficient (Wildman–Crippen LogP) is -0.549. The number of carbonyl (C=O) groups excluding carboxylic acids is 3. The quantitative estimate of drug-likeness (QED) is 0.695. The smallest absolute Gasteiger partial charge is 0.338 e. The summed E-state index contributed by atoms with van der Waals surface area (Å²) in [6, 6.07) is 5.17. The summed E-state index contributed by atoms with van der Waals surface area (Å²) in [5.41, 5.74) is 0.124. The van der Waals surface area contributed by atoms with Gasteiger partial charge in [-0.2, -0.15) is 0 Å². The Hall–Kier alpha value is -2.42. The first-order chi connectivity index (χ1) is 10.6. The highest BCUT2D eigenvalue weighted by Crippen LogP contribution is 2.11. The topological polar surface area (TPSA) is 110 Å². The van der Waals surface area contributed by atoms with E-state index in [4.69, 9.17) is 4.74 Å². The molecule has 1 aromatic carbocycles. The van der Waals surface area contributed by atoms with Gasteiger partial charge in [-0.15, -0.1) is 0 Å². The lowest BCUT2D eigenvalue weighted by Gasteiger charge is -2.15. The Morgan fingerprint density at radius 3 is 2.22 bits per heavy atom. The van der Waals surface area contributed by atoms with Crippen molar-refractivity contribution in [1.29, 1.82) is 0 Å². The van der Waals surface area contributed by atoms with Crippen molar-refractivity contribution in [3.8, 4) is 0 Å². The van der Waals surface area contributed by atoms with Crippen LogP contribution in [0.2, 0.25) is 0 Å². The minimum Gasteiger partial charge on any atom is -0.452 e. The molecule has 2 amide bonds. The fraction of sp³-hybridized carbons (Fsp3) is 0.357. The molecule has 0 heterocycles. The molecule has 1 N–H and O–H groups in total. The maximum absolute atomic E-state index is 11.8. The molecular formula is C14H18N2O6S. The van der Waals surface area contributed by atoms with Gasteiger partial charge < -0.3 is 15.0 Å². The van der Waals surface area contributed by atoms with Gasteiger partial charge in [0.1, 0.15) is 0 Å². The highest BCUT2D eigenvalue weighted by Gasteiger charge is 2.16. The Morgan fingerprint density at radius 1 is 1.17 bits per heavy atom. The van der Waals surface area contributed by atoms with Gasteiger partial charge in [-0.3, -0.25) is 9.59 Å². The van der Waals surface area contributed by atoms with Gasteiger partial charge in [0, 0.05) is 20.4 Å². The van der Waals surface area contributed by atoms with Crippen molar-refractivity contribution in [2.75, 3.05) is 33.5 Å². The number of nitrogens with zero attached hydrogens (tertiary/aromatic N) is 1. The number of nitrogens with one attached hydrogen (secondary N) is 1. The Morgan fingerprint density at radius 2 is 1.74 bits per heavy atom. The fourth-order valence-electron chi connectivity index (χ4n) is 1.54. The predicted molar refractivity (Wildman–Crippen MR) is 81.5 cm³/mol. The van der Waals surface area contributed by atoms with Crippen molar-refractivity contribution in [1.82, 2.24) is 10.2 Å². The summed E-state index contributed by atoms with van der Waals surface area (Å²) in [7, 11) is -0.493. The first-order valence-electron chi connectivity index (χ1n) is 6.57. The number of hydrogen-bond acceptors (Lipinski definition) is 6. The van der Waals surface area contributed by atoms with E-state index in [9.17, 15) is 22.8 Å². The SMILES string of the molecule is CNC(=O)CN(C)C(=O)COC(=O)c1ccc(S(C)(=O)=O)cc1. The van der Waals surface area contributed by atoms with Gasteiger partial charge >= 0.3 is 5.97 Å². The zero-order chi connectivity index (χ0) is 17.6. The largest absolute Gasteiger partial charge is 0.452 e. The molecule has 0 saturated carbocycles. The van der Waals surface area contributed by atoms with E-state index < -0.39 is 28.3 Å². The van der Waals surface area contributed by atoms with Crippen molar-refractivity contribution >= 4 is 27.6 Å². The third kappa shape index (κ3) is 5.70. The van der Waals surface area contributed by atoms with Crippen LogP contribution in [0.5, 0.6) is 0 Å². The van der Waals surface area contributed by atoms with Gasteiger partial charge in [0.2, 0.25) is 5.91 Å². The second-order valence-electron chi connectivity index (χ2n) is 4.80. The van der Waals surface area contributed by atoms with Crippen LogP contribution in [0.25, 0.3) is 0 Å². The number of hydrogen-bond donors (Lipinski definition) is 1. The van der Waals surface area contributed by atoms with E-state index >= 15 is 0 Å². The summed E-state index contributed by atoms with van der Waals surface area (Å²) in [6.45, 7) is -0.657. The van der Waals surface area contributed by atoms with Gasteiger partial charge in [-0.25, -0.2) is 13.2 Å². The van der Waals surface area contributed by atoms with Crippen LogP contribution in [-0.4, -0.2) is 64.6 Å². The molecule has 126 valence electrons. The maximum Gasteiger partial charge on any atom is 0.338 e. The van der Waals surface area contributed by atoms with Crippen LogP contribution in [-0.2, 0) is 24.2 Å². The first-order valence-corrected chi connectivity index (χ1v) is 8.46. The zero-order valence-electron chi connectivity index (χ0n) is 13.0. The molecule has 0 aliphatic carbocycles. The zero-order valence-corrected chi connectivity index (χ0v) is 13.8. The lowest BCUT2D eigenvalue weighted by molar-refractivity contribution is -0.137. The maximum atomic E-state index is 11.8. The van der Waals surface area contributed by atoms with Crippen molar-refractivity contribution in [2.45, 2.75) is 4.90 Å². The Bertz CT molecular complexity index is 696. The minimum atomic E-state index is -3.35. The van der Waals surface area contributed by atoms with E-state index in [1.54, 1.807) is 0 Å². The molecule has 0 aliphatic heterocycles. The fourth-order valence-corrected chi connectivity index (χ4v) is 2.17. The van der Waals surface area contributed by atoms with Crippen LogP contribution in [0.1, 0.15) is 10.4 Å². The molecule has 8 nitrogen and oxygen atoms in total. The van der Waals surface area contributed by atoms with E-state index in [0.29, 0.717) is 0 Å². The van der Waals surface area contributed by atoms with Gasteiger partial charge in [0.15, 0.2) is 16.4 Å². The molecule has 0 aliphatic rings. The third-order valence-electron chi connectivity index (χ3n) is 2.93. The minimum absolute atomic E-state index is 0.0791. The number of ether oxygens (including phenoxy) is 1. The summed E-state index contributed by atoms with van der Waals surface area (Å²) in [4.78, 5) is 35.8. The number of rotatable bonds is 6. The Balaban J connectivity index is 2.60. The summed E-state index contributed by atoms with van der Waals surface area (Å²) in [6.07, 6.45) is 1.06. The van der Waals surface area contributed by atoms with E-state index in [0.717, 1.165) is 11.2 Å². The molecule has 0 radical (unpaired) electrons. The molecule has 0 bridgehead atoms. The second-order valence-corrected chi connectivity index (χ2v) is 6.81. The number of carbonyl (C=O) groups is 3. The highest BCUT2D eigenvalue weighted by molar-refractivity contribution is 7.90. The molecule has 0 fully saturated rings. The normalized spacial score (nSPS) is 10.7. The van der Waals surface area contributed by atoms with E-state index in [1.165, 1.54) is 38.4 Å². The van der Waals surface area contributed by atoms with Gasteiger partial charge in [-0.1, -0.05) is 0 Å². The summed E-state index contributed by atoms with van der Waals surface area (Å²) >= 11 is 0. The van der Waals surface area contributed by atoms with Crippen LogP contribution in [0.3, 0.4) is 0 Å². The number of esters is 1. The van der Waals surface area contributed by atoms with Crippen LogP contribution < -0.4 is 5.32 Å². The average molecular weight is 342 g/mol. The highest BCUT2D eigenvalue weighted by atomic mass is 32.2. The van der Waals surface area contributed by atoms with Gasteiger partial charge in [0.25, 0.3) is 5.91 Å². The van der Waals surface area contributed by atoms with Crippen molar-refractivity contribution < 1.29 is 27.5 Å². The van der Waals surface area contributed by atoms with E-state index in [1.807, 2.05) is 0 Å². The van der Waals surface area contributed by atoms with Crippen molar-refractivity contribution in [3.05, 3.63) is 29.8 Å². The number of benzene rings is 1. The molecule has 1 aromatic rings. The molecular weight excluding hydrogens is 324 g/mol. The lowest BCUT2D eigenvalue weighted by atomic mass is 10.2. The molecule has 0 saturated heterocycles. The average Bonchev–Trinajstić information content (AvgIpc) is 2.51. The van der Waals surface area contributed by atoms with Crippen LogP contribution >= 0.6 is 0 Å². The number of likely N-dealkylation sites (N-methyl/N-ethyl adjacent to an activating group) is 2. The van der Waals surface area contributed by atoms with Crippen LogP contribution in [0.4, 0.5) is 0 Å². The first kappa shape index (κ1) is 18.6. The standard InChI is InChI=1S/C14H18N2O6S/c1-15-12(17)8-16(2)13(18)9-22-14(19)10-4-6-11(7-5-10)23(3,20)21/h4-7H,8-9H2,1-3H3,(H,15,17). The van der Waals surface area contributed by atoms with Gasteiger partial charge in [-0.05, 0) is 24.3 Å². The molecule has 0 spiro atoms. The Kier molecular flexibility index (Phi) is 6.26. The van der Waals surface area contributed by atoms with Crippen LogP contribution in [0.15, 0.2) is 29.2 Å². The summed E-state index contributed by atoms with van der Waals surface area (Å²) < 4.78 is 27.5. The molecule has 23 heavy (non-hydrogen) atoms. The lowest BCUT2D eigenvalue weighted by Crippen LogP contribution is -2.39. The molecule has 0 aromatic heterocycles. The van der Waals surface area contributed by atoms with E-state index in [2.05, 4.69) is 5.32 Å². The van der Waals surface area contributed by atoms with Gasteiger partial charge in [0.05, 0.1) is 17.0 Å². The third-order valence-corrected chi connectivity index (χ3v) is 4.06. The molecule has 1 rings (SSSR count). The second kappa shape index (κ2) is 7.73. The molecule has 0 atom stereocenters. The van der Waals surface area contributed by atoms with Crippen LogP contribution in [0, 0.1) is 0 Å². The number of sulfone groups is 1. The monoisotopic (exact) mass is 342 g/mol. The molecule has 9 heteroatoms. The van der Waals surface area contributed by atoms with E-state index in [-0.39, 0.29) is 22.9 Å². The molecule has 0 unspecified atom stereocenters. The summed E-state index contributed by atoms with van der Waals surface area (Å²) in [5, 5.41) is 2.37. The number of amides is 2. The van der Waals surface area contributed by atoms with Crippen molar-refractivity contribution in [2.24, 2.45) is 0 Å².